The molecule has 0 amide bonds. The highest BCUT2D eigenvalue weighted by Gasteiger charge is 2.38. The van der Waals surface area contributed by atoms with Gasteiger partial charge in [0.05, 0.1) is 11.4 Å². The van der Waals surface area contributed by atoms with Crippen LogP contribution in [0.3, 0.4) is 0 Å². The minimum Gasteiger partial charge on any atom is -0.456 e. The van der Waals surface area contributed by atoms with Crippen LogP contribution in [0.4, 0.5) is 17.1 Å². The lowest BCUT2D eigenvalue weighted by Gasteiger charge is -2.31. The molecule has 0 saturated heterocycles. The van der Waals surface area contributed by atoms with Gasteiger partial charge >= 0.3 is 0 Å². The Hall–Kier alpha value is -6.12. The molecule has 0 bridgehead atoms. The molecule has 1 heterocycles. The van der Waals surface area contributed by atoms with Crippen LogP contribution >= 0.6 is 0 Å². The summed E-state index contributed by atoms with van der Waals surface area (Å²) in [6.45, 7) is 4.71. The predicted octanol–water partition coefficient (Wildman–Crippen LogP) is 13.3. The Labute approximate surface area is 285 Å². The Morgan fingerprint density at radius 1 is 0.449 bits per heavy atom. The number of anilines is 3. The molecular weight excluding hydrogens is 595 g/mol. The van der Waals surface area contributed by atoms with Crippen molar-refractivity contribution >= 4 is 60.5 Å². The number of benzene rings is 8. The standard InChI is InChI=1S/C47H33NO/c1-47(2)39-20-8-5-17-36(39)46-40(47)21-12-23-42(46)48(41-22-9-6-16-35(41)34-19-11-14-30-13-3-4-15-33(30)34)32-27-25-31-26-28-44-45(38(31)29-32)37-18-7-10-24-43(37)49-44/h3-29H,1-2H3. The van der Waals surface area contributed by atoms with Crippen LogP contribution in [0.5, 0.6) is 0 Å². The van der Waals surface area contributed by atoms with Crippen LogP contribution in [-0.4, -0.2) is 0 Å². The Morgan fingerprint density at radius 2 is 1.08 bits per heavy atom. The molecule has 0 spiro atoms. The molecule has 0 atom stereocenters. The molecule has 1 aliphatic carbocycles. The van der Waals surface area contributed by atoms with Crippen molar-refractivity contribution in [2.75, 3.05) is 4.90 Å². The van der Waals surface area contributed by atoms with Crippen molar-refractivity contribution in [3.63, 3.8) is 0 Å². The van der Waals surface area contributed by atoms with Crippen molar-refractivity contribution in [3.05, 3.63) is 175 Å². The van der Waals surface area contributed by atoms with Gasteiger partial charge in [-0.3, -0.25) is 0 Å². The van der Waals surface area contributed by atoms with Gasteiger partial charge in [-0.05, 0) is 80.2 Å². The summed E-state index contributed by atoms with van der Waals surface area (Å²) < 4.78 is 6.36. The maximum atomic E-state index is 6.36. The number of hydrogen-bond acceptors (Lipinski definition) is 2. The minimum absolute atomic E-state index is 0.117. The van der Waals surface area contributed by atoms with E-state index in [-0.39, 0.29) is 5.41 Å². The quantitative estimate of drug-likeness (QED) is 0.193. The number of hydrogen-bond donors (Lipinski definition) is 0. The van der Waals surface area contributed by atoms with Gasteiger partial charge < -0.3 is 9.32 Å². The molecule has 0 radical (unpaired) electrons. The summed E-state index contributed by atoms with van der Waals surface area (Å²) in [5, 5.41) is 7.14. The van der Waals surface area contributed by atoms with Gasteiger partial charge in [0, 0.05) is 33.0 Å². The van der Waals surface area contributed by atoms with E-state index in [9.17, 15) is 0 Å². The summed E-state index contributed by atoms with van der Waals surface area (Å²) in [7, 11) is 0. The van der Waals surface area contributed by atoms with Crippen molar-refractivity contribution in [1.82, 2.24) is 0 Å². The van der Waals surface area contributed by atoms with E-state index in [2.05, 4.69) is 176 Å². The van der Waals surface area contributed by atoms with Crippen LogP contribution < -0.4 is 4.90 Å². The third kappa shape index (κ3) is 4.07. The number of furan rings is 1. The van der Waals surface area contributed by atoms with Gasteiger partial charge in [0.2, 0.25) is 0 Å². The minimum atomic E-state index is -0.117. The number of para-hydroxylation sites is 2. The lowest BCUT2D eigenvalue weighted by atomic mass is 9.82. The van der Waals surface area contributed by atoms with Crippen LogP contribution in [0, 0.1) is 0 Å². The molecule has 2 nitrogen and oxygen atoms in total. The molecule has 0 fully saturated rings. The molecule has 49 heavy (non-hydrogen) atoms. The topological polar surface area (TPSA) is 16.4 Å². The van der Waals surface area contributed by atoms with Crippen molar-refractivity contribution in [2.24, 2.45) is 0 Å². The van der Waals surface area contributed by atoms with Gasteiger partial charge in [-0.1, -0.05) is 141 Å². The molecule has 2 heteroatoms. The first-order valence-electron chi connectivity index (χ1n) is 17.0. The van der Waals surface area contributed by atoms with E-state index in [0.29, 0.717) is 0 Å². The van der Waals surface area contributed by atoms with E-state index in [1.54, 1.807) is 0 Å². The number of fused-ring (bicyclic) bond motifs is 9. The van der Waals surface area contributed by atoms with Gasteiger partial charge in [0.25, 0.3) is 0 Å². The van der Waals surface area contributed by atoms with Gasteiger partial charge in [0.15, 0.2) is 0 Å². The second-order valence-electron chi connectivity index (χ2n) is 13.7. The van der Waals surface area contributed by atoms with Gasteiger partial charge in [-0.2, -0.15) is 0 Å². The molecule has 0 N–H and O–H groups in total. The maximum absolute atomic E-state index is 6.36. The van der Waals surface area contributed by atoms with E-state index < -0.39 is 0 Å². The van der Waals surface area contributed by atoms with Crippen LogP contribution in [0.1, 0.15) is 25.0 Å². The van der Waals surface area contributed by atoms with Crippen molar-refractivity contribution in [3.8, 4) is 22.3 Å². The molecule has 0 unspecified atom stereocenters. The molecular formula is C47H33NO. The highest BCUT2D eigenvalue weighted by molar-refractivity contribution is 6.19. The predicted molar refractivity (Wildman–Crippen MR) is 206 cm³/mol. The fourth-order valence-electron chi connectivity index (χ4n) is 8.36. The van der Waals surface area contributed by atoms with Gasteiger partial charge in [0.1, 0.15) is 11.2 Å². The van der Waals surface area contributed by atoms with E-state index in [4.69, 9.17) is 4.42 Å². The third-order valence-electron chi connectivity index (χ3n) is 10.7. The zero-order valence-corrected chi connectivity index (χ0v) is 27.4. The van der Waals surface area contributed by atoms with E-state index >= 15 is 0 Å². The van der Waals surface area contributed by atoms with E-state index in [1.807, 2.05) is 6.07 Å². The molecule has 232 valence electrons. The largest absolute Gasteiger partial charge is 0.456 e. The summed E-state index contributed by atoms with van der Waals surface area (Å²) in [5.74, 6) is 0. The van der Waals surface area contributed by atoms with Crippen LogP contribution in [0.2, 0.25) is 0 Å². The summed E-state index contributed by atoms with van der Waals surface area (Å²) in [5.41, 5.74) is 12.8. The smallest absolute Gasteiger partial charge is 0.136 e. The average Bonchev–Trinajstić information content (AvgIpc) is 3.65. The molecule has 1 aromatic heterocycles. The van der Waals surface area contributed by atoms with Crippen molar-refractivity contribution in [2.45, 2.75) is 19.3 Å². The summed E-state index contributed by atoms with van der Waals surface area (Å²) in [6, 6.07) is 59.5. The molecule has 10 rings (SSSR count). The first-order valence-corrected chi connectivity index (χ1v) is 17.0. The third-order valence-corrected chi connectivity index (χ3v) is 10.7. The molecule has 0 saturated carbocycles. The zero-order chi connectivity index (χ0) is 32.7. The Morgan fingerprint density at radius 3 is 2.00 bits per heavy atom. The summed E-state index contributed by atoms with van der Waals surface area (Å²) >= 11 is 0. The van der Waals surface area contributed by atoms with E-state index in [0.717, 1.165) is 33.3 Å². The Balaban J connectivity index is 1.31. The van der Waals surface area contributed by atoms with Crippen LogP contribution in [0.15, 0.2) is 168 Å². The highest BCUT2D eigenvalue weighted by Crippen LogP contribution is 2.55. The van der Waals surface area contributed by atoms with Gasteiger partial charge in [-0.25, -0.2) is 0 Å². The Kier molecular flexibility index (Phi) is 5.95. The molecule has 9 aromatic rings. The zero-order valence-electron chi connectivity index (χ0n) is 27.4. The monoisotopic (exact) mass is 627 g/mol. The van der Waals surface area contributed by atoms with Crippen LogP contribution in [0.25, 0.3) is 65.7 Å². The van der Waals surface area contributed by atoms with Crippen molar-refractivity contribution < 1.29 is 4.42 Å². The second kappa shape index (κ2) is 10.4. The molecule has 0 aliphatic heterocycles. The van der Waals surface area contributed by atoms with Gasteiger partial charge in [-0.15, -0.1) is 0 Å². The fourth-order valence-corrected chi connectivity index (χ4v) is 8.36. The second-order valence-corrected chi connectivity index (χ2v) is 13.7. The summed E-state index contributed by atoms with van der Waals surface area (Å²) in [6.07, 6.45) is 0. The number of nitrogens with zero attached hydrogens (tertiary/aromatic N) is 1. The first kappa shape index (κ1) is 27.9. The Bertz CT molecular complexity index is 2760. The lowest BCUT2D eigenvalue weighted by molar-refractivity contribution is 0.660. The number of rotatable bonds is 4. The van der Waals surface area contributed by atoms with Crippen molar-refractivity contribution in [1.29, 1.82) is 0 Å². The normalized spacial score (nSPS) is 13.3. The SMILES string of the molecule is CC1(C)c2ccccc2-c2c(N(c3ccc4ccc5oc6ccccc6c5c4c3)c3ccccc3-c3cccc4ccccc34)cccc21. The molecule has 8 aromatic carbocycles. The van der Waals surface area contributed by atoms with E-state index in [1.165, 1.54) is 60.6 Å². The highest BCUT2D eigenvalue weighted by atomic mass is 16.3. The van der Waals surface area contributed by atoms with Crippen LogP contribution in [-0.2, 0) is 5.41 Å². The molecule has 1 aliphatic rings. The summed E-state index contributed by atoms with van der Waals surface area (Å²) in [4.78, 5) is 2.49. The maximum Gasteiger partial charge on any atom is 0.136 e. The average molecular weight is 628 g/mol. The lowest BCUT2D eigenvalue weighted by Crippen LogP contribution is -2.16. The first-order chi connectivity index (χ1) is 24.1. The fraction of sp³-hybridized carbons (Fsp3) is 0.0638.